The Labute approximate surface area is 163 Å². The summed E-state index contributed by atoms with van der Waals surface area (Å²) in [5.41, 5.74) is 4.03. The molecule has 1 aromatic carbocycles. The van der Waals surface area contributed by atoms with Crippen molar-refractivity contribution in [3.8, 4) is 0 Å². The zero-order valence-electron chi connectivity index (χ0n) is 16.9. The fourth-order valence-electron chi connectivity index (χ4n) is 3.95. The summed E-state index contributed by atoms with van der Waals surface area (Å²) in [7, 11) is 2.16. The summed E-state index contributed by atoms with van der Waals surface area (Å²) in [6.45, 7) is 8.22. The Morgan fingerprint density at radius 1 is 1.30 bits per heavy atom. The summed E-state index contributed by atoms with van der Waals surface area (Å²) in [4.78, 5) is 20.9. The summed E-state index contributed by atoms with van der Waals surface area (Å²) in [5.74, 6) is 1.07. The number of fused-ring (bicyclic) bond motifs is 1. The number of carbonyl (C=O) groups excluding carboxylic acids is 1. The van der Waals surface area contributed by atoms with E-state index in [1.54, 1.807) is 0 Å². The quantitative estimate of drug-likeness (QED) is 0.615. The highest BCUT2D eigenvalue weighted by molar-refractivity contribution is 5.80. The maximum absolute atomic E-state index is 11.9. The Hall–Kier alpha value is -2.24. The van der Waals surface area contributed by atoms with E-state index in [1.165, 1.54) is 23.2 Å². The van der Waals surface area contributed by atoms with E-state index in [-0.39, 0.29) is 11.9 Å². The maximum atomic E-state index is 11.9. The van der Waals surface area contributed by atoms with Crippen LogP contribution in [-0.4, -0.2) is 56.0 Å². The summed E-state index contributed by atoms with van der Waals surface area (Å²) >= 11 is 0. The van der Waals surface area contributed by atoms with Crippen LogP contribution in [0, 0.1) is 0 Å². The predicted octanol–water partition coefficient (Wildman–Crippen LogP) is 2.13. The highest BCUT2D eigenvalue weighted by Crippen LogP contribution is 2.27. The van der Waals surface area contributed by atoms with Gasteiger partial charge in [0.2, 0.25) is 5.91 Å². The molecule has 1 aromatic rings. The lowest BCUT2D eigenvalue weighted by atomic mass is 10.00. The first-order valence-corrected chi connectivity index (χ1v) is 10.3. The van der Waals surface area contributed by atoms with Gasteiger partial charge in [0.1, 0.15) is 0 Å². The van der Waals surface area contributed by atoms with Gasteiger partial charge in [0.05, 0.1) is 6.54 Å². The van der Waals surface area contributed by atoms with Crippen LogP contribution in [0.3, 0.4) is 0 Å². The number of carbonyl (C=O) groups is 1. The Kier molecular flexibility index (Phi) is 6.58. The molecule has 27 heavy (non-hydrogen) atoms. The standard InChI is InChI=1S/C21H33N5O/c1-4-20(27)26-12-10-18(15-26)24-21(22-5-2)23-14-16-8-9-19-17(13-16)7-6-11-25(19)3/h8-9,13,18H,4-7,10-12,14-15H2,1-3H3,(H2,22,23,24). The molecule has 0 aliphatic carbocycles. The Bertz CT molecular complexity index is 687. The van der Waals surface area contributed by atoms with Crippen molar-refractivity contribution >= 4 is 17.6 Å². The first-order valence-electron chi connectivity index (χ1n) is 10.3. The number of guanidine groups is 1. The van der Waals surface area contributed by atoms with E-state index in [9.17, 15) is 4.79 Å². The number of aliphatic imine (C=N–C) groups is 1. The second kappa shape index (κ2) is 9.11. The van der Waals surface area contributed by atoms with Crippen LogP contribution in [0.25, 0.3) is 0 Å². The van der Waals surface area contributed by atoms with Gasteiger partial charge in [-0.3, -0.25) is 4.79 Å². The molecule has 148 valence electrons. The first-order chi connectivity index (χ1) is 13.1. The third kappa shape index (κ3) is 4.93. The van der Waals surface area contributed by atoms with Gasteiger partial charge in [0.15, 0.2) is 5.96 Å². The highest BCUT2D eigenvalue weighted by atomic mass is 16.2. The van der Waals surface area contributed by atoms with Gasteiger partial charge in [0.25, 0.3) is 0 Å². The molecule has 1 amide bonds. The van der Waals surface area contributed by atoms with Crippen LogP contribution in [0.15, 0.2) is 23.2 Å². The zero-order chi connectivity index (χ0) is 19.2. The predicted molar refractivity (Wildman–Crippen MR) is 111 cm³/mol. The van der Waals surface area contributed by atoms with Gasteiger partial charge < -0.3 is 20.4 Å². The largest absolute Gasteiger partial charge is 0.374 e. The van der Waals surface area contributed by atoms with Gasteiger partial charge in [-0.05, 0) is 43.4 Å². The Morgan fingerprint density at radius 2 is 2.15 bits per heavy atom. The van der Waals surface area contributed by atoms with Gasteiger partial charge in [0, 0.05) is 51.4 Å². The lowest BCUT2D eigenvalue weighted by Crippen LogP contribution is -2.45. The molecule has 1 unspecified atom stereocenters. The van der Waals surface area contributed by atoms with Crippen molar-refractivity contribution in [3.05, 3.63) is 29.3 Å². The molecule has 1 saturated heterocycles. The van der Waals surface area contributed by atoms with Crippen molar-refractivity contribution in [2.45, 2.75) is 52.1 Å². The molecule has 2 aliphatic rings. The molecule has 0 spiro atoms. The van der Waals surface area contributed by atoms with Crippen molar-refractivity contribution in [2.75, 3.05) is 38.1 Å². The molecule has 2 aliphatic heterocycles. The number of nitrogens with zero attached hydrogens (tertiary/aromatic N) is 3. The van der Waals surface area contributed by atoms with Gasteiger partial charge in [-0.25, -0.2) is 4.99 Å². The number of amides is 1. The van der Waals surface area contributed by atoms with Gasteiger partial charge in [-0.2, -0.15) is 0 Å². The summed E-state index contributed by atoms with van der Waals surface area (Å²) in [6, 6.07) is 6.99. The Balaban J connectivity index is 1.62. The number of hydrogen-bond acceptors (Lipinski definition) is 3. The van der Waals surface area contributed by atoms with Crippen molar-refractivity contribution in [2.24, 2.45) is 4.99 Å². The van der Waals surface area contributed by atoms with Crippen LogP contribution in [0.4, 0.5) is 5.69 Å². The molecule has 0 saturated carbocycles. The summed E-state index contributed by atoms with van der Waals surface area (Å²) < 4.78 is 0. The number of likely N-dealkylation sites (tertiary alicyclic amines) is 1. The lowest BCUT2D eigenvalue weighted by Gasteiger charge is -2.27. The minimum Gasteiger partial charge on any atom is -0.374 e. The molecule has 2 heterocycles. The number of benzene rings is 1. The number of rotatable bonds is 5. The third-order valence-electron chi connectivity index (χ3n) is 5.44. The van der Waals surface area contributed by atoms with Crippen LogP contribution in [-0.2, 0) is 17.8 Å². The molecule has 0 bridgehead atoms. The van der Waals surface area contributed by atoms with Gasteiger partial charge in [-0.15, -0.1) is 0 Å². The van der Waals surface area contributed by atoms with Crippen LogP contribution in [0.5, 0.6) is 0 Å². The van der Waals surface area contributed by atoms with Crippen LogP contribution >= 0.6 is 0 Å². The number of nitrogens with one attached hydrogen (secondary N) is 2. The van der Waals surface area contributed by atoms with Gasteiger partial charge in [-0.1, -0.05) is 19.1 Å². The number of anilines is 1. The molecule has 3 rings (SSSR count). The zero-order valence-corrected chi connectivity index (χ0v) is 16.9. The van der Waals surface area contributed by atoms with Crippen molar-refractivity contribution in [1.82, 2.24) is 15.5 Å². The molecular formula is C21H33N5O. The van der Waals surface area contributed by atoms with Crippen LogP contribution in [0.1, 0.15) is 44.2 Å². The molecular weight excluding hydrogens is 338 g/mol. The average Bonchev–Trinajstić information content (AvgIpc) is 3.14. The van der Waals surface area contributed by atoms with E-state index in [0.29, 0.717) is 13.0 Å². The van der Waals surface area contributed by atoms with E-state index in [1.807, 2.05) is 11.8 Å². The molecule has 6 heteroatoms. The highest BCUT2D eigenvalue weighted by Gasteiger charge is 2.25. The third-order valence-corrected chi connectivity index (χ3v) is 5.44. The van der Waals surface area contributed by atoms with E-state index in [0.717, 1.165) is 45.0 Å². The average molecular weight is 372 g/mol. The summed E-state index contributed by atoms with van der Waals surface area (Å²) in [6.07, 6.45) is 3.92. The van der Waals surface area contributed by atoms with Crippen LogP contribution in [0.2, 0.25) is 0 Å². The molecule has 1 atom stereocenters. The van der Waals surface area contributed by atoms with Gasteiger partial charge >= 0.3 is 0 Å². The second-order valence-electron chi connectivity index (χ2n) is 7.51. The second-order valence-corrected chi connectivity index (χ2v) is 7.51. The smallest absolute Gasteiger partial charge is 0.222 e. The topological polar surface area (TPSA) is 60.0 Å². The monoisotopic (exact) mass is 371 g/mol. The lowest BCUT2D eigenvalue weighted by molar-refractivity contribution is -0.129. The minimum atomic E-state index is 0.236. The van der Waals surface area contributed by atoms with Crippen LogP contribution < -0.4 is 15.5 Å². The van der Waals surface area contributed by atoms with Crippen molar-refractivity contribution in [1.29, 1.82) is 0 Å². The van der Waals surface area contributed by atoms with E-state index in [4.69, 9.17) is 4.99 Å². The maximum Gasteiger partial charge on any atom is 0.222 e. The van der Waals surface area contributed by atoms with E-state index in [2.05, 4.69) is 47.7 Å². The van der Waals surface area contributed by atoms with E-state index >= 15 is 0 Å². The normalized spacial score (nSPS) is 19.8. The molecule has 6 nitrogen and oxygen atoms in total. The molecule has 2 N–H and O–H groups in total. The molecule has 0 radical (unpaired) electrons. The fourth-order valence-corrected chi connectivity index (χ4v) is 3.95. The summed E-state index contributed by atoms with van der Waals surface area (Å²) in [5, 5.41) is 6.84. The SMILES string of the molecule is CCNC(=NCc1ccc2c(c1)CCCN2C)NC1CCN(C(=O)CC)C1. The Morgan fingerprint density at radius 3 is 2.93 bits per heavy atom. The molecule has 0 aromatic heterocycles. The minimum absolute atomic E-state index is 0.236. The number of hydrogen-bond donors (Lipinski definition) is 2. The number of aryl methyl sites for hydroxylation is 1. The van der Waals surface area contributed by atoms with E-state index < -0.39 is 0 Å². The first kappa shape index (κ1) is 19.5. The fraction of sp³-hybridized carbons (Fsp3) is 0.619. The van der Waals surface area contributed by atoms with Crippen molar-refractivity contribution < 1.29 is 4.79 Å². The van der Waals surface area contributed by atoms with Crippen molar-refractivity contribution in [3.63, 3.8) is 0 Å². The molecule has 1 fully saturated rings.